The number of nitrogens with zero attached hydrogens (tertiary/aromatic N) is 1. The number of halogens is 2. The maximum Gasteiger partial charge on any atom is 0.147 e. The molecule has 3 nitrogen and oxygen atoms in total. The van der Waals surface area contributed by atoms with Gasteiger partial charge in [-0.25, -0.2) is 8.78 Å². The number of likely N-dealkylation sites (tertiary alicyclic amines) is 1. The predicted octanol–water partition coefficient (Wildman–Crippen LogP) is 3.41. The Hall–Kier alpha value is -1.04. The van der Waals surface area contributed by atoms with Crippen LogP contribution in [0.3, 0.4) is 0 Å². The lowest BCUT2D eigenvalue weighted by Gasteiger charge is -2.42. The van der Waals surface area contributed by atoms with Gasteiger partial charge >= 0.3 is 0 Å². The molecule has 1 aliphatic heterocycles. The maximum absolute atomic E-state index is 14.2. The molecule has 1 aromatic carbocycles. The van der Waals surface area contributed by atoms with Crippen molar-refractivity contribution in [1.82, 2.24) is 4.90 Å². The summed E-state index contributed by atoms with van der Waals surface area (Å²) >= 11 is 0. The third kappa shape index (κ3) is 4.03. The second-order valence-corrected chi connectivity index (χ2v) is 5.94. The monoisotopic (exact) mass is 313 g/mol. The molecule has 1 fully saturated rings. The lowest BCUT2D eigenvalue weighted by atomic mass is 9.92. The fraction of sp³-hybridized carbons (Fsp3) is 0.647. The number of aliphatic hydroxyl groups is 1. The molecule has 0 radical (unpaired) electrons. The van der Waals surface area contributed by atoms with E-state index in [9.17, 15) is 13.9 Å². The first-order chi connectivity index (χ1) is 10.6. The van der Waals surface area contributed by atoms with Crippen molar-refractivity contribution in [3.05, 3.63) is 35.4 Å². The van der Waals surface area contributed by atoms with Gasteiger partial charge in [-0.15, -0.1) is 0 Å². The highest BCUT2D eigenvalue weighted by atomic mass is 19.1. The molecule has 0 unspecified atom stereocenters. The van der Waals surface area contributed by atoms with Crippen molar-refractivity contribution in [1.29, 1.82) is 0 Å². The van der Waals surface area contributed by atoms with Crippen LogP contribution in [0, 0.1) is 11.6 Å². The van der Waals surface area contributed by atoms with Gasteiger partial charge in [0.15, 0.2) is 0 Å². The molecule has 1 atom stereocenters. The van der Waals surface area contributed by atoms with E-state index in [1.54, 1.807) is 7.11 Å². The summed E-state index contributed by atoms with van der Waals surface area (Å²) in [6, 6.07) is 3.30. The van der Waals surface area contributed by atoms with Crippen molar-refractivity contribution >= 4 is 0 Å². The average molecular weight is 313 g/mol. The van der Waals surface area contributed by atoms with Gasteiger partial charge in [0.2, 0.25) is 0 Å². The minimum Gasteiger partial charge on any atom is -0.385 e. The van der Waals surface area contributed by atoms with Gasteiger partial charge < -0.3 is 9.84 Å². The number of benzene rings is 1. The standard InChI is InChI=1S/C17H25F2NO2/c1-22-12-6-3-9-17(21,20-10-4-2-5-11-20)15-13-14(18)7-8-16(15)19/h7-8,13,21H,2-6,9-12H2,1H3/t17-/m0/s1. The van der Waals surface area contributed by atoms with Crippen LogP contribution in [-0.2, 0) is 10.5 Å². The molecule has 1 N–H and O–H groups in total. The molecule has 0 saturated carbocycles. The van der Waals surface area contributed by atoms with Gasteiger partial charge in [-0.1, -0.05) is 6.42 Å². The SMILES string of the molecule is COCCCC[C@](O)(c1cc(F)ccc1F)N1CCCCC1. The molecule has 124 valence electrons. The number of hydrogen-bond donors (Lipinski definition) is 1. The van der Waals surface area contributed by atoms with Crippen molar-refractivity contribution in [2.24, 2.45) is 0 Å². The minimum atomic E-state index is -1.44. The summed E-state index contributed by atoms with van der Waals surface area (Å²) < 4.78 is 32.8. The Kier molecular flexibility index (Phi) is 6.29. The summed E-state index contributed by atoms with van der Waals surface area (Å²) in [5.41, 5.74) is -1.40. The quantitative estimate of drug-likeness (QED) is 0.783. The van der Waals surface area contributed by atoms with Crippen LogP contribution >= 0.6 is 0 Å². The molecule has 1 aromatic rings. The van der Waals surface area contributed by atoms with E-state index in [4.69, 9.17) is 4.74 Å². The fourth-order valence-corrected chi connectivity index (χ4v) is 3.15. The molecule has 22 heavy (non-hydrogen) atoms. The Labute approximate surface area is 130 Å². The molecule has 1 heterocycles. The molecule has 1 saturated heterocycles. The second kappa shape index (κ2) is 7.99. The summed E-state index contributed by atoms with van der Waals surface area (Å²) in [7, 11) is 1.63. The van der Waals surface area contributed by atoms with Crippen molar-refractivity contribution in [3.8, 4) is 0 Å². The number of ether oxygens (including phenoxy) is 1. The van der Waals surface area contributed by atoms with Gasteiger partial charge in [0, 0.05) is 32.4 Å². The molecular weight excluding hydrogens is 288 g/mol. The number of unbranched alkanes of at least 4 members (excludes halogenated alkanes) is 1. The first-order valence-corrected chi connectivity index (χ1v) is 8.00. The van der Waals surface area contributed by atoms with Gasteiger partial charge in [0.25, 0.3) is 0 Å². The molecule has 0 aromatic heterocycles. The summed E-state index contributed by atoms with van der Waals surface area (Å²) in [6.45, 7) is 2.01. The highest BCUT2D eigenvalue weighted by Crippen LogP contribution is 2.35. The zero-order valence-electron chi connectivity index (χ0n) is 13.2. The van der Waals surface area contributed by atoms with Crippen LogP contribution in [-0.4, -0.2) is 36.8 Å². The van der Waals surface area contributed by atoms with Crippen LogP contribution < -0.4 is 0 Å². The van der Waals surface area contributed by atoms with E-state index in [0.717, 1.165) is 43.9 Å². The second-order valence-electron chi connectivity index (χ2n) is 5.94. The summed E-state index contributed by atoms with van der Waals surface area (Å²) in [5, 5.41) is 11.2. The number of hydrogen-bond acceptors (Lipinski definition) is 3. The van der Waals surface area contributed by atoms with Crippen molar-refractivity contribution in [2.45, 2.75) is 44.2 Å². The van der Waals surface area contributed by atoms with Crippen molar-refractivity contribution in [3.63, 3.8) is 0 Å². The summed E-state index contributed by atoms with van der Waals surface area (Å²) in [4.78, 5) is 1.89. The molecular formula is C17H25F2NO2. The normalized spacial score (nSPS) is 19.1. The highest BCUT2D eigenvalue weighted by molar-refractivity contribution is 5.25. The van der Waals surface area contributed by atoms with Crippen LogP contribution in [0.4, 0.5) is 8.78 Å². The first kappa shape index (κ1) is 17.3. The lowest BCUT2D eigenvalue weighted by molar-refractivity contribution is -0.133. The molecule has 0 aliphatic carbocycles. The molecule has 0 bridgehead atoms. The van der Waals surface area contributed by atoms with Crippen LogP contribution in [0.15, 0.2) is 18.2 Å². The van der Waals surface area contributed by atoms with E-state index in [2.05, 4.69) is 0 Å². The highest BCUT2D eigenvalue weighted by Gasteiger charge is 2.38. The average Bonchev–Trinajstić information content (AvgIpc) is 2.54. The number of methoxy groups -OCH3 is 1. The van der Waals surface area contributed by atoms with Crippen LogP contribution in [0.2, 0.25) is 0 Å². The van der Waals surface area contributed by atoms with Gasteiger partial charge in [-0.3, -0.25) is 4.90 Å². The summed E-state index contributed by atoms with van der Waals surface area (Å²) in [6.07, 6.45) is 4.90. The zero-order valence-corrected chi connectivity index (χ0v) is 13.2. The molecule has 5 heteroatoms. The van der Waals surface area contributed by atoms with E-state index in [1.165, 1.54) is 0 Å². The molecule has 1 aliphatic rings. The van der Waals surface area contributed by atoms with E-state index in [-0.39, 0.29) is 5.56 Å². The van der Waals surface area contributed by atoms with Crippen molar-refractivity contribution < 1.29 is 18.6 Å². The Morgan fingerprint density at radius 2 is 1.91 bits per heavy atom. The topological polar surface area (TPSA) is 32.7 Å². The third-order valence-corrected chi connectivity index (χ3v) is 4.36. The Bertz CT molecular complexity index is 478. The smallest absolute Gasteiger partial charge is 0.147 e. The van der Waals surface area contributed by atoms with Crippen LogP contribution in [0.1, 0.15) is 44.1 Å². The summed E-state index contributed by atoms with van der Waals surface area (Å²) in [5.74, 6) is -1.08. The largest absolute Gasteiger partial charge is 0.385 e. The van der Waals surface area contributed by atoms with E-state index in [0.29, 0.717) is 32.5 Å². The van der Waals surface area contributed by atoms with Gasteiger partial charge in [0.1, 0.15) is 17.4 Å². The van der Waals surface area contributed by atoms with Crippen molar-refractivity contribution in [2.75, 3.05) is 26.8 Å². The number of piperidine rings is 1. The molecule has 0 spiro atoms. The zero-order chi connectivity index (χ0) is 16.0. The van der Waals surface area contributed by atoms with Gasteiger partial charge in [-0.05, 0) is 50.3 Å². The minimum absolute atomic E-state index is 0.0480. The van der Waals surface area contributed by atoms with E-state index in [1.807, 2.05) is 4.90 Å². The Balaban J connectivity index is 2.24. The third-order valence-electron chi connectivity index (χ3n) is 4.36. The number of rotatable bonds is 7. The van der Waals surface area contributed by atoms with E-state index < -0.39 is 17.4 Å². The molecule has 0 amide bonds. The lowest BCUT2D eigenvalue weighted by Crippen LogP contribution is -2.49. The maximum atomic E-state index is 14.2. The first-order valence-electron chi connectivity index (χ1n) is 8.00. The van der Waals surface area contributed by atoms with E-state index >= 15 is 0 Å². The van der Waals surface area contributed by atoms with Crippen LogP contribution in [0.25, 0.3) is 0 Å². The fourth-order valence-electron chi connectivity index (χ4n) is 3.15. The molecule has 2 rings (SSSR count). The van der Waals surface area contributed by atoms with Gasteiger partial charge in [0.05, 0.1) is 0 Å². The Morgan fingerprint density at radius 1 is 1.18 bits per heavy atom. The van der Waals surface area contributed by atoms with Gasteiger partial charge in [-0.2, -0.15) is 0 Å². The predicted molar refractivity (Wildman–Crippen MR) is 81.4 cm³/mol. The Morgan fingerprint density at radius 3 is 2.59 bits per heavy atom. The van der Waals surface area contributed by atoms with Crippen LogP contribution in [0.5, 0.6) is 0 Å².